The highest BCUT2D eigenvalue weighted by molar-refractivity contribution is 5.97. The molecule has 0 aliphatic heterocycles. The second-order valence-electron chi connectivity index (χ2n) is 2.60. The highest BCUT2D eigenvalue weighted by Gasteiger charge is 2.09. The van der Waals surface area contributed by atoms with Crippen LogP contribution in [0.4, 0.5) is 4.39 Å². The molecule has 1 rings (SSSR count). The van der Waals surface area contributed by atoms with Gasteiger partial charge in [-0.1, -0.05) is 18.1 Å². The molecular weight excluding hydrogens is 183 g/mol. The first-order valence-electron chi connectivity index (χ1n) is 4.04. The van der Waals surface area contributed by atoms with Gasteiger partial charge in [-0.05, 0) is 12.1 Å². The topological polar surface area (TPSA) is 26.3 Å². The van der Waals surface area contributed by atoms with E-state index >= 15 is 0 Å². The van der Waals surface area contributed by atoms with Crippen LogP contribution < -0.4 is 0 Å². The van der Waals surface area contributed by atoms with Crippen LogP contribution in [0.2, 0.25) is 0 Å². The molecule has 3 heteroatoms. The summed E-state index contributed by atoms with van der Waals surface area (Å²) in [6.07, 6.45) is 4.92. The van der Waals surface area contributed by atoms with Crippen LogP contribution in [0.3, 0.4) is 0 Å². The van der Waals surface area contributed by atoms with E-state index in [-0.39, 0.29) is 18.8 Å². The van der Waals surface area contributed by atoms with Crippen LogP contribution in [0.15, 0.2) is 24.3 Å². The third kappa shape index (κ3) is 2.68. The minimum Gasteiger partial charge on any atom is -0.361 e. The van der Waals surface area contributed by atoms with Gasteiger partial charge in [-0.25, -0.2) is 4.39 Å². The lowest BCUT2D eigenvalue weighted by Crippen LogP contribution is -2.10. The summed E-state index contributed by atoms with van der Waals surface area (Å²) < 4.78 is 17.8. The van der Waals surface area contributed by atoms with Gasteiger partial charge in [-0.3, -0.25) is 4.79 Å². The molecule has 0 N–H and O–H groups in total. The van der Waals surface area contributed by atoms with E-state index in [1.165, 1.54) is 18.2 Å². The molecule has 0 fully saturated rings. The first kappa shape index (κ1) is 10.4. The van der Waals surface area contributed by atoms with Gasteiger partial charge in [0, 0.05) is 0 Å². The summed E-state index contributed by atoms with van der Waals surface area (Å²) in [4.78, 5) is 11.3. The predicted molar refractivity (Wildman–Crippen MR) is 50.4 cm³/mol. The second kappa shape index (κ2) is 5.15. The van der Waals surface area contributed by atoms with Gasteiger partial charge in [-0.15, -0.1) is 6.42 Å². The molecule has 0 spiro atoms. The molecule has 1 aromatic rings. The van der Waals surface area contributed by atoms with E-state index in [4.69, 9.17) is 11.2 Å². The number of rotatable bonds is 4. The van der Waals surface area contributed by atoms with Crippen molar-refractivity contribution >= 4 is 5.78 Å². The van der Waals surface area contributed by atoms with Crippen LogP contribution in [0.25, 0.3) is 0 Å². The van der Waals surface area contributed by atoms with Crippen molar-refractivity contribution in [3.63, 3.8) is 0 Å². The maximum absolute atomic E-state index is 13.0. The van der Waals surface area contributed by atoms with Gasteiger partial charge in [0.2, 0.25) is 0 Å². The Morgan fingerprint density at radius 2 is 2.21 bits per heavy atom. The lowest BCUT2D eigenvalue weighted by Gasteiger charge is -2.01. The minimum absolute atomic E-state index is 0.0320. The highest BCUT2D eigenvalue weighted by atomic mass is 19.1. The Hall–Kier alpha value is -1.66. The average molecular weight is 192 g/mol. The first-order chi connectivity index (χ1) is 6.75. The average Bonchev–Trinajstić information content (AvgIpc) is 2.18. The molecule has 2 nitrogen and oxygen atoms in total. The van der Waals surface area contributed by atoms with Crippen molar-refractivity contribution in [3.05, 3.63) is 35.6 Å². The summed E-state index contributed by atoms with van der Waals surface area (Å²) in [7, 11) is 0. The normalized spacial score (nSPS) is 9.43. The largest absolute Gasteiger partial charge is 0.361 e. The zero-order chi connectivity index (χ0) is 10.4. The number of carbonyl (C=O) groups is 1. The Balaban J connectivity index is 2.62. The summed E-state index contributed by atoms with van der Waals surface area (Å²) in [5.74, 6) is 1.28. The zero-order valence-electron chi connectivity index (χ0n) is 7.50. The predicted octanol–water partition coefficient (Wildman–Crippen LogP) is 1.66. The third-order valence-electron chi connectivity index (χ3n) is 1.59. The second-order valence-corrected chi connectivity index (χ2v) is 2.60. The van der Waals surface area contributed by atoms with Gasteiger partial charge in [0.15, 0.2) is 5.78 Å². The van der Waals surface area contributed by atoms with E-state index in [0.29, 0.717) is 0 Å². The first-order valence-corrected chi connectivity index (χ1v) is 4.04. The summed E-state index contributed by atoms with van der Waals surface area (Å²) in [6.45, 7) is -0.134. The molecular formula is C11H9FO2. The van der Waals surface area contributed by atoms with Crippen molar-refractivity contribution in [3.8, 4) is 12.3 Å². The van der Waals surface area contributed by atoms with Crippen LogP contribution in [0.1, 0.15) is 10.4 Å². The summed E-state index contributed by atoms with van der Waals surface area (Å²) in [5.41, 5.74) is 0.0320. The molecule has 0 saturated carbocycles. The molecule has 0 bridgehead atoms. The Bertz CT molecular complexity index is 366. The number of terminal acetylenes is 1. The fourth-order valence-corrected chi connectivity index (χ4v) is 0.968. The number of benzene rings is 1. The molecule has 1 aromatic carbocycles. The van der Waals surface area contributed by atoms with E-state index < -0.39 is 11.6 Å². The van der Waals surface area contributed by atoms with Crippen molar-refractivity contribution in [1.29, 1.82) is 0 Å². The van der Waals surface area contributed by atoms with E-state index in [1.807, 2.05) is 0 Å². The van der Waals surface area contributed by atoms with Crippen LogP contribution in [0.5, 0.6) is 0 Å². The Labute approximate surface area is 81.7 Å². The zero-order valence-corrected chi connectivity index (χ0v) is 7.50. The number of hydrogen-bond donors (Lipinski definition) is 0. The van der Waals surface area contributed by atoms with Crippen LogP contribution in [0, 0.1) is 18.2 Å². The lowest BCUT2D eigenvalue weighted by molar-refractivity contribution is 0.0808. The molecule has 0 aromatic heterocycles. The smallest absolute Gasteiger partial charge is 0.191 e. The summed E-state index contributed by atoms with van der Waals surface area (Å²) >= 11 is 0. The molecule has 14 heavy (non-hydrogen) atoms. The van der Waals surface area contributed by atoms with Crippen molar-refractivity contribution in [2.24, 2.45) is 0 Å². The Morgan fingerprint density at radius 1 is 1.50 bits per heavy atom. The van der Waals surface area contributed by atoms with Gasteiger partial charge in [-0.2, -0.15) is 0 Å². The molecule has 0 aliphatic carbocycles. The van der Waals surface area contributed by atoms with Gasteiger partial charge in [0.05, 0.1) is 5.56 Å². The van der Waals surface area contributed by atoms with Crippen molar-refractivity contribution < 1.29 is 13.9 Å². The van der Waals surface area contributed by atoms with Crippen molar-refractivity contribution in [1.82, 2.24) is 0 Å². The molecule has 0 saturated heterocycles. The van der Waals surface area contributed by atoms with E-state index in [2.05, 4.69) is 5.92 Å². The highest BCUT2D eigenvalue weighted by Crippen LogP contribution is 2.06. The molecule has 0 unspecified atom stereocenters. The minimum atomic E-state index is -0.540. The molecule has 0 atom stereocenters. The lowest BCUT2D eigenvalue weighted by atomic mass is 10.1. The van der Waals surface area contributed by atoms with Crippen LogP contribution in [-0.2, 0) is 4.74 Å². The molecule has 0 radical (unpaired) electrons. The number of hydrogen-bond acceptors (Lipinski definition) is 2. The Morgan fingerprint density at radius 3 is 2.86 bits per heavy atom. The Kier molecular flexibility index (Phi) is 3.84. The van der Waals surface area contributed by atoms with Gasteiger partial charge >= 0.3 is 0 Å². The number of ketones is 1. The third-order valence-corrected chi connectivity index (χ3v) is 1.59. The standard InChI is InChI=1S/C11H9FO2/c1-2-7-14-8-11(13)9-5-3-4-6-10(9)12/h1,3-6H,7-8H2. The van der Waals surface area contributed by atoms with E-state index in [1.54, 1.807) is 6.07 Å². The summed E-state index contributed by atoms with van der Waals surface area (Å²) in [5, 5.41) is 0. The number of carbonyl (C=O) groups excluding carboxylic acids is 1. The maximum Gasteiger partial charge on any atom is 0.191 e. The quantitative estimate of drug-likeness (QED) is 0.412. The van der Waals surface area contributed by atoms with Gasteiger partial charge < -0.3 is 4.74 Å². The molecule has 72 valence electrons. The van der Waals surface area contributed by atoms with Crippen LogP contribution in [-0.4, -0.2) is 19.0 Å². The molecule has 0 amide bonds. The SMILES string of the molecule is C#CCOCC(=O)c1ccccc1F. The van der Waals surface area contributed by atoms with Gasteiger partial charge in [0.25, 0.3) is 0 Å². The van der Waals surface area contributed by atoms with Crippen molar-refractivity contribution in [2.45, 2.75) is 0 Å². The fraction of sp³-hybridized carbons (Fsp3) is 0.182. The molecule has 0 aliphatic rings. The monoisotopic (exact) mass is 192 g/mol. The summed E-state index contributed by atoms with van der Waals surface area (Å²) in [6, 6.07) is 5.76. The molecule has 0 heterocycles. The van der Waals surface area contributed by atoms with Gasteiger partial charge in [0.1, 0.15) is 19.0 Å². The van der Waals surface area contributed by atoms with Crippen LogP contribution >= 0.6 is 0 Å². The number of ether oxygens (including phenoxy) is 1. The number of Topliss-reactive ketones (excluding diaryl/α,β-unsaturated/α-hetero) is 1. The van der Waals surface area contributed by atoms with Crippen molar-refractivity contribution in [2.75, 3.05) is 13.2 Å². The van der Waals surface area contributed by atoms with E-state index in [0.717, 1.165) is 0 Å². The maximum atomic E-state index is 13.0. The number of halogens is 1. The van der Waals surface area contributed by atoms with E-state index in [9.17, 15) is 9.18 Å². The fourth-order valence-electron chi connectivity index (χ4n) is 0.968.